The number of aliphatic imine (C=N–C) groups is 1. The second kappa shape index (κ2) is 4.33. The maximum absolute atomic E-state index is 5.23. The lowest BCUT2D eigenvalue weighted by atomic mass is 10.1. The quantitative estimate of drug-likeness (QED) is 0.875. The van der Waals surface area contributed by atoms with Gasteiger partial charge in [-0.3, -0.25) is 4.99 Å². The zero-order valence-corrected chi connectivity index (χ0v) is 10.6. The highest BCUT2D eigenvalue weighted by atomic mass is 16.5. The topological polar surface area (TPSA) is 33.6 Å². The molecule has 0 bridgehead atoms. The third-order valence-electron chi connectivity index (χ3n) is 3.23. The lowest BCUT2D eigenvalue weighted by Crippen LogP contribution is -2.27. The summed E-state index contributed by atoms with van der Waals surface area (Å²) in [5.41, 5.74) is 1.15. The van der Waals surface area contributed by atoms with Gasteiger partial charge in [0, 0.05) is 11.6 Å². The third kappa shape index (κ3) is 1.92. The van der Waals surface area contributed by atoms with E-state index in [4.69, 9.17) is 4.74 Å². The molecule has 0 spiro atoms. The highest BCUT2D eigenvalue weighted by Crippen LogP contribution is 2.22. The highest BCUT2D eigenvalue weighted by molar-refractivity contribution is 6.03. The largest absolute Gasteiger partial charge is 0.497 e. The summed E-state index contributed by atoms with van der Waals surface area (Å²) in [5, 5.41) is 5.77. The van der Waals surface area contributed by atoms with Crippen molar-refractivity contribution in [1.29, 1.82) is 0 Å². The van der Waals surface area contributed by atoms with Crippen molar-refractivity contribution in [1.82, 2.24) is 5.32 Å². The molecule has 3 rings (SSSR count). The van der Waals surface area contributed by atoms with Crippen molar-refractivity contribution >= 4 is 16.6 Å². The van der Waals surface area contributed by atoms with Crippen LogP contribution < -0.4 is 10.1 Å². The summed E-state index contributed by atoms with van der Waals surface area (Å²) >= 11 is 0. The molecule has 2 aromatic rings. The van der Waals surface area contributed by atoms with Crippen LogP contribution in [0, 0.1) is 0 Å². The number of nitrogens with one attached hydrogen (secondary N) is 1. The van der Waals surface area contributed by atoms with Crippen molar-refractivity contribution in [3.8, 4) is 5.75 Å². The Morgan fingerprint density at radius 3 is 2.67 bits per heavy atom. The zero-order valence-electron chi connectivity index (χ0n) is 10.6. The predicted octanol–water partition coefficient (Wildman–Crippen LogP) is 2.59. The van der Waals surface area contributed by atoms with Crippen molar-refractivity contribution in [2.45, 2.75) is 13.0 Å². The monoisotopic (exact) mass is 240 g/mol. The molecule has 0 fully saturated rings. The van der Waals surface area contributed by atoms with Gasteiger partial charge < -0.3 is 10.1 Å². The average Bonchev–Trinajstić information content (AvgIpc) is 2.84. The van der Waals surface area contributed by atoms with Crippen molar-refractivity contribution in [2.75, 3.05) is 13.7 Å². The summed E-state index contributed by atoms with van der Waals surface area (Å²) in [4.78, 5) is 4.51. The first-order valence-electron chi connectivity index (χ1n) is 6.15. The summed E-state index contributed by atoms with van der Waals surface area (Å²) in [6, 6.07) is 12.9. The van der Waals surface area contributed by atoms with Gasteiger partial charge >= 0.3 is 0 Å². The second-order valence-corrected chi connectivity index (χ2v) is 4.66. The van der Waals surface area contributed by atoms with Crippen LogP contribution in [0.25, 0.3) is 10.8 Å². The molecule has 0 aliphatic carbocycles. The Bertz CT molecular complexity index is 619. The van der Waals surface area contributed by atoms with E-state index >= 15 is 0 Å². The molecule has 2 aromatic carbocycles. The molecule has 1 aliphatic heterocycles. The smallest absolute Gasteiger partial charge is 0.128 e. The molecule has 1 heterocycles. The highest BCUT2D eigenvalue weighted by Gasteiger charge is 2.14. The molecule has 1 N–H and O–H groups in total. The van der Waals surface area contributed by atoms with Gasteiger partial charge in [-0.15, -0.1) is 0 Å². The number of amidine groups is 1. The Hall–Kier alpha value is -2.03. The Morgan fingerprint density at radius 2 is 1.94 bits per heavy atom. The van der Waals surface area contributed by atoms with Crippen molar-refractivity contribution in [2.24, 2.45) is 4.99 Å². The molecule has 0 saturated carbocycles. The van der Waals surface area contributed by atoms with Crippen LogP contribution in [0.2, 0.25) is 0 Å². The van der Waals surface area contributed by atoms with Crippen LogP contribution in [0.15, 0.2) is 41.4 Å². The number of fused-ring (bicyclic) bond motifs is 1. The van der Waals surface area contributed by atoms with Gasteiger partial charge in [0.1, 0.15) is 11.6 Å². The molecule has 1 atom stereocenters. The first-order valence-corrected chi connectivity index (χ1v) is 6.15. The molecule has 92 valence electrons. The Morgan fingerprint density at radius 1 is 1.17 bits per heavy atom. The Labute approximate surface area is 106 Å². The molecule has 3 heteroatoms. The maximum Gasteiger partial charge on any atom is 0.128 e. The molecule has 3 nitrogen and oxygen atoms in total. The molecule has 0 aromatic heterocycles. The minimum absolute atomic E-state index is 0.437. The second-order valence-electron chi connectivity index (χ2n) is 4.66. The molecule has 0 radical (unpaired) electrons. The first kappa shape index (κ1) is 11.1. The molecule has 1 unspecified atom stereocenters. The molecule has 0 amide bonds. The van der Waals surface area contributed by atoms with Gasteiger partial charge in [0.15, 0.2) is 0 Å². The molecule has 0 saturated heterocycles. The van der Waals surface area contributed by atoms with Gasteiger partial charge in [-0.05, 0) is 35.9 Å². The summed E-state index contributed by atoms with van der Waals surface area (Å²) in [6.07, 6.45) is 0. The van der Waals surface area contributed by atoms with Crippen LogP contribution >= 0.6 is 0 Å². The average molecular weight is 240 g/mol. The van der Waals surface area contributed by atoms with Crippen molar-refractivity contribution in [3.63, 3.8) is 0 Å². The number of nitrogens with zero attached hydrogens (tertiary/aromatic N) is 1. The number of rotatable bonds is 2. The van der Waals surface area contributed by atoms with Gasteiger partial charge in [-0.1, -0.05) is 18.2 Å². The normalized spacial score (nSPS) is 18.6. The van der Waals surface area contributed by atoms with E-state index in [1.165, 1.54) is 10.8 Å². The summed E-state index contributed by atoms with van der Waals surface area (Å²) < 4.78 is 5.23. The van der Waals surface area contributed by atoms with E-state index in [-0.39, 0.29) is 0 Å². The van der Waals surface area contributed by atoms with Gasteiger partial charge in [0.05, 0.1) is 13.7 Å². The molecular formula is C15H16N2O. The van der Waals surface area contributed by atoms with Gasteiger partial charge in [-0.25, -0.2) is 0 Å². The first-order chi connectivity index (χ1) is 8.76. The van der Waals surface area contributed by atoms with Crippen LogP contribution in [0.5, 0.6) is 5.75 Å². The maximum atomic E-state index is 5.23. The summed E-state index contributed by atoms with van der Waals surface area (Å²) in [7, 11) is 1.69. The SMILES string of the molecule is COc1ccc2cc(C3=NCC(C)N3)ccc2c1. The Balaban J connectivity index is 2.01. The van der Waals surface area contributed by atoms with Crippen LogP contribution in [0.1, 0.15) is 12.5 Å². The van der Waals surface area contributed by atoms with Crippen LogP contribution in [0.4, 0.5) is 0 Å². The minimum Gasteiger partial charge on any atom is -0.497 e. The van der Waals surface area contributed by atoms with E-state index in [9.17, 15) is 0 Å². The molecular weight excluding hydrogens is 224 g/mol. The number of benzene rings is 2. The zero-order chi connectivity index (χ0) is 12.5. The summed E-state index contributed by atoms with van der Waals surface area (Å²) in [5.74, 6) is 1.89. The van der Waals surface area contributed by atoms with Crippen molar-refractivity contribution in [3.05, 3.63) is 42.0 Å². The van der Waals surface area contributed by atoms with E-state index in [0.717, 1.165) is 23.7 Å². The van der Waals surface area contributed by atoms with Crippen LogP contribution in [-0.2, 0) is 0 Å². The summed E-state index contributed by atoms with van der Waals surface area (Å²) in [6.45, 7) is 3.00. The third-order valence-corrected chi connectivity index (χ3v) is 3.23. The standard InChI is InChI=1S/C15H16N2O/c1-10-9-16-15(17-10)13-4-3-12-8-14(18-2)6-5-11(12)7-13/h3-8,10H,9H2,1-2H3,(H,16,17). The minimum atomic E-state index is 0.437. The molecule has 1 aliphatic rings. The van der Waals surface area contributed by atoms with E-state index in [0.29, 0.717) is 6.04 Å². The predicted molar refractivity (Wildman–Crippen MR) is 74.5 cm³/mol. The lowest BCUT2D eigenvalue weighted by Gasteiger charge is -2.08. The van der Waals surface area contributed by atoms with E-state index in [2.05, 4.69) is 41.5 Å². The fourth-order valence-corrected chi connectivity index (χ4v) is 2.23. The van der Waals surface area contributed by atoms with Gasteiger partial charge in [0.2, 0.25) is 0 Å². The number of hydrogen-bond donors (Lipinski definition) is 1. The van der Waals surface area contributed by atoms with E-state index in [1.807, 2.05) is 12.1 Å². The van der Waals surface area contributed by atoms with Crippen LogP contribution in [0.3, 0.4) is 0 Å². The Kier molecular flexibility index (Phi) is 2.67. The molecule has 18 heavy (non-hydrogen) atoms. The number of hydrogen-bond acceptors (Lipinski definition) is 3. The van der Waals surface area contributed by atoms with Crippen molar-refractivity contribution < 1.29 is 4.74 Å². The lowest BCUT2D eigenvalue weighted by molar-refractivity contribution is 0.415. The van der Waals surface area contributed by atoms with E-state index < -0.39 is 0 Å². The van der Waals surface area contributed by atoms with Gasteiger partial charge in [-0.2, -0.15) is 0 Å². The fourth-order valence-electron chi connectivity index (χ4n) is 2.23. The van der Waals surface area contributed by atoms with Crippen LogP contribution in [-0.4, -0.2) is 25.5 Å². The van der Waals surface area contributed by atoms with E-state index in [1.54, 1.807) is 7.11 Å². The van der Waals surface area contributed by atoms with Gasteiger partial charge in [0.25, 0.3) is 0 Å². The fraction of sp³-hybridized carbons (Fsp3) is 0.267. The number of ether oxygens (including phenoxy) is 1. The number of methoxy groups -OCH3 is 1.